The molecule has 1 fully saturated rings. The number of carbonyl (C=O) groups is 7. The van der Waals surface area contributed by atoms with Crippen LogP contribution in [0.3, 0.4) is 0 Å². The van der Waals surface area contributed by atoms with Crippen LogP contribution in [-0.4, -0.2) is 115 Å². The number of likely N-dealkylation sites (N-methyl/N-ethyl adjacent to an activating group) is 1. The van der Waals surface area contributed by atoms with E-state index in [2.05, 4.69) is 27.8 Å². The number of alkyl carbamates (subject to hydrolysis) is 1. The van der Waals surface area contributed by atoms with Crippen LogP contribution in [0, 0.1) is 11.3 Å². The summed E-state index contributed by atoms with van der Waals surface area (Å²) in [4.78, 5) is 95.9. The summed E-state index contributed by atoms with van der Waals surface area (Å²) in [7, 11) is 3.09. The first-order chi connectivity index (χ1) is 25.0. The number of carbonyl (C=O) groups excluding carboxylic acids is 7. The SMILES string of the molecule is C=CCCC(NC(=O)C1CC(OC(C)(C)C)CN1C(=O)C(NC(=O)OCC(C)C)C(C)(C)C)C(=O)C(=O)NCC(=O)NC(C(=O)N(C)C)c1ccccc1. The van der Waals surface area contributed by atoms with Crippen molar-refractivity contribution in [2.75, 3.05) is 33.8 Å². The van der Waals surface area contributed by atoms with Crippen molar-refractivity contribution in [1.82, 2.24) is 31.1 Å². The normalized spacial score (nSPS) is 17.4. The molecule has 0 aliphatic carbocycles. The van der Waals surface area contributed by atoms with Gasteiger partial charge in [0.1, 0.15) is 18.1 Å². The second-order valence-electron chi connectivity index (χ2n) is 16.1. The summed E-state index contributed by atoms with van der Waals surface area (Å²) in [6.45, 7) is 17.9. The number of ketones is 1. The zero-order valence-electron chi connectivity index (χ0n) is 33.4. The second-order valence-corrected chi connectivity index (χ2v) is 16.1. The zero-order chi connectivity index (χ0) is 41.0. The summed E-state index contributed by atoms with van der Waals surface area (Å²) in [5.74, 6) is -4.41. The van der Waals surface area contributed by atoms with Crippen LogP contribution in [0.4, 0.5) is 4.79 Å². The molecule has 6 amide bonds. The molecule has 15 nitrogen and oxygen atoms in total. The van der Waals surface area contributed by atoms with E-state index in [-0.39, 0.29) is 38.3 Å². The number of benzene rings is 1. The van der Waals surface area contributed by atoms with Crippen molar-refractivity contribution in [3.05, 3.63) is 48.6 Å². The van der Waals surface area contributed by atoms with Gasteiger partial charge < -0.3 is 40.5 Å². The van der Waals surface area contributed by atoms with Gasteiger partial charge in [0, 0.05) is 27.1 Å². The summed E-state index contributed by atoms with van der Waals surface area (Å²) in [6.07, 6.45) is 0.563. The number of ether oxygens (including phenoxy) is 2. The lowest BCUT2D eigenvalue weighted by molar-refractivity contribution is -0.144. The molecule has 1 saturated heterocycles. The molecule has 0 saturated carbocycles. The molecule has 5 atom stereocenters. The van der Waals surface area contributed by atoms with E-state index >= 15 is 0 Å². The van der Waals surface area contributed by atoms with E-state index in [0.29, 0.717) is 5.56 Å². The zero-order valence-corrected chi connectivity index (χ0v) is 33.4. The third-order valence-electron chi connectivity index (χ3n) is 8.34. The summed E-state index contributed by atoms with van der Waals surface area (Å²) in [6, 6.07) is 4.03. The molecule has 300 valence electrons. The van der Waals surface area contributed by atoms with Gasteiger partial charge in [0.2, 0.25) is 29.4 Å². The van der Waals surface area contributed by atoms with Crippen LogP contribution in [0.15, 0.2) is 43.0 Å². The van der Waals surface area contributed by atoms with Gasteiger partial charge >= 0.3 is 6.09 Å². The van der Waals surface area contributed by atoms with Crippen molar-refractivity contribution >= 4 is 41.4 Å². The maximum absolute atomic E-state index is 14.2. The van der Waals surface area contributed by atoms with Crippen LogP contribution in [0.25, 0.3) is 0 Å². The highest BCUT2D eigenvalue weighted by atomic mass is 16.5. The quantitative estimate of drug-likeness (QED) is 0.137. The number of Topliss-reactive ketones (excluding diaryl/α,β-unsaturated/α-hetero) is 1. The standard InChI is InChI=1S/C39H60N6O9/c1-12-13-19-27(31(47)34(49)40-21-29(46)42-30(35(50)44(10)11)25-17-15-14-16-18-25)41-33(48)28-20-26(54-39(7,8)9)22-45(28)36(51)32(38(4,5)6)43-37(52)53-23-24(2)3/h12,14-18,24,26-28,30,32H,1,13,19-23H2,2-11H3,(H,40,49)(H,41,48)(H,42,46)(H,43,52). The molecule has 1 aliphatic heterocycles. The minimum atomic E-state index is -1.33. The molecule has 2 rings (SSSR count). The number of hydrogen-bond acceptors (Lipinski definition) is 9. The average molecular weight is 757 g/mol. The summed E-state index contributed by atoms with van der Waals surface area (Å²) >= 11 is 0. The summed E-state index contributed by atoms with van der Waals surface area (Å²) in [5.41, 5.74) is -0.865. The number of allylic oxidation sites excluding steroid dienone is 1. The number of nitrogens with zero attached hydrogens (tertiary/aromatic N) is 2. The smallest absolute Gasteiger partial charge is 0.407 e. The highest BCUT2D eigenvalue weighted by Crippen LogP contribution is 2.29. The Kier molecular flexibility index (Phi) is 16.8. The van der Waals surface area contributed by atoms with Crippen LogP contribution < -0.4 is 21.3 Å². The molecular formula is C39H60N6O9. The Bertz CT molecular complexity index is 1500. The Hall–Kier alpha value is -4.79. The van der Waals surface area contributed by atoms with Gasteiger partial charge in [-0.2, -0.15) is 0 Å². The summed E-state index contributed by atoms with van der Waals surface area (Å²) < 4.78 is 11.5. The van der Waals surface area contributed by atoms with Crippen molar-refractivity contribution in [2.24, 2.45) is 11.3 Å². The molecular weight excluding hydrogens is 696 g/mol. The molecule has 5 unspecified atom stereocenters. The molecule has 54 heavy (non-hydrogen) atoms. The topological polar surface area (TPSA) is 193 Å². The lowest BCUT2D eigenvalue weighted by atomic mass is 9.85. The highest BCUT2D eigenvalue weighted by Gasteiger charge is 2.47. The third kappa shape index (κ3) is 14.2. The van der Waals surface area contributed by atoms with Crippen molar-refractivity contribution in [3.8, 4) is 0 Å². The number of hydrogen-bond donors (Lipinski definition) is 4. The first-order valence-electron chi connectivity index (χ1n) is 18.3. The van der Waals surface area contributed by atoms with E-state index in [9.17, 15) is 33.6 Å². The molecule has 4 N–H and O–H groups in total. The average Bonchev–Trinajstić information content (AvgIpc) is 3.50. The monoisotopic (exact) mass is 756 g/mol. The Morgan fingerprint density at radius 3 is 2.13 bits per heavy atom. The Morgan fingerprint density at radius 1 is 0.963 bits per heavy atom. The predicted molar refractivity (Wildman–Crippen MR) is 203 cm³/mol. The largest absolute Gasteiger partial charge is 0.449 e. The van der Waals surface area contributed by atoms with Crippen molar-refractivity contribution in [2.45, 2.75) is 111 Å². The van der Waals surface area contributed by atoms with Gasteiger partial charge in [-0.15, -0.1) is 6.58 Å². The van der Waals surface area contributed by atoms with Crippen LogP contribution in [0.2, 0.25) is 0 Å². The molecule has 1 heterocycles. The lowest BCUT2D eigenvalue weighted by Gasteiger charge is -2.35. The first kappa shape index (κ1) is 45.4. The molecule has 1 aromatic rings. The fraction of sp³-hybridized carbons (Fsp3) is 0.615. The maximum atomic E-state index is 14.2. The molecule has 1 aliphatic rings. The van der Waals surface area contributed by atoms with Crippen molar-refractivity contribution in [3.63, 3.8) is 0 Å². The number of amides is 6. The lowest BCUT2D eigenvalue weighted by Crippen LogP contribution is -2.59. The fourth-order valence-corrected chi connectivity index (χ4v) is 5.72. The fourth-order valence-electron chi connectivity index (χ4n) is 5.72. The molecule has 1 aromatic carbocycles. The molecule has 0 spiro atoms. The van der Waals surface area contributed by atoms with Gasteiger partial charge in [-0.1, -0.05) is 71.0 Å². The van der Waals surface area contributed by atoms with Gasteiger partial charge in [0.05, 0.1) is 30.9 Å². The second kappa shape index (κ2) is 20.0. The van der Waals surface area contributed by atoms with Gasteiger partial charge in [0.15, 0.2) is 0 Å². The first-order valence-corrected chi connectivity index (χ1v) is 18.3. The molecule has 0 aromatic heterocycles. The molecule has 15 heteroatoms. The van der Waals surface area contributed by atoms with E-state index < -0.39 is 89.2 Å². The van der Waals surface area contributed by atoms with Crippen LogP contribution in [0.5, 0.6) is 0 Å². The number of rotatable bonds is 17. The van der Waals surface area contributed by atoms with Crippen molar-refractivity contribution < 1.29 is 43.0 Å². The predicted octanol–water partition coefficient (Wildman–Crippen LogP) is 2.65. The minimum absolute atomic E-state index is 0.0115. The van der Waals surface area contributed by atoms with Gasteiger partial charge in [-0.3, -0.25) is 28.8 Å². The van der Waals surface area contributed by atoms with E-state index in [1.807, 2.05) is 34.6 Å². The Balaban J connectivity index is 2.27. The Morgan fingerprint density at radius 2 is 1.59 bits per heavy atom. The third-order valence-corrected chi connectivity index (χ3v) is 8.34. The molecule has 0 radical (unpaired) electrons. The van der Waals surface area contributed by atoms with Crippen LogP contribution >= 0.6 is 0 Å². The maximum Gasteiger partial charge on any atom is 0.407 e. The number of nitrogens with one attached hydrogen (secondary N) is 4. The van der Waals surface area contributed by atoms with E-state index in [1.54, 1.807) is 65.2 Å². The van der Waals surface area contributed by atoms with Crippen LogP contribution in [-0.2, 0) is 38.2 Å². The van der Waals surface area contributed by atoms with Gasteiger partial charge in [-0.05, 0) is 50.5 Å². The minimum Gasteiger partial charge on any atom is -0.449 e. The van der Waals surface area contributed by atoms with Gasteiger partial charge in [-0.25, -0.2) is 4.79 Å². The van der Waals surface area contributed by atoms with E-state index in [4.69, 9.17) is 9.47 Å². The summed E-state index contributed by atoms with van der Waals surface area (Å²) in [5, 5.41) is 10.2. The van der Waals surface area contributed by atoms with E-state index in [1.165, 1.54) is 15.9 Å². The highest BCUT2D eigenvalue weighted by molar-refractivity contribution is 6.38. The van der Waals surface area contributed by atoms with Crippen molar-refractivity contribution in [1.29, 1.82) is 0 Å². The van der Waals surface area contributed by atoms with E-state index in [0.717, 1.165) is 0 Å². The van der Waals surface area contributed by atoms with Gasteiger partial charge in [0.25, 0.3) is 5.91 Å². The number of likely N-dealkylation sites (tertiary alicyclic amines) is 1. The molecule has 0 bridgehead atoms. The Labute approximate surface area is 319 Å². The van der Waals surface area contributed by atoms with Crippen LogP contribution in [0.1, 0.15) is 86.3 Å².